The van der Waals surface area contributed by atoms with Crippen LogP contribution >= 0.6 is 15.9 Å². The molecule has 1 atom stereocenters. The van der Waals surface area contributed by atoms with Crippen LogP contribution in [0.25, 0.3) is 0 Å². The lowest BCUT2D eigenvalue weighted by Gasteiger charge is -2.46. The molecule has 1 aliphatic carbocycles. The summed E-state index contributed by atoms with van der Waals surface area (Å²) in [5, 5.41) is 8.21. The summed E-state index contributed by atoms with van der Waals surface area (Å²) in [6.45, 7) is 12.0. The van der Waals surface area contributed by atoms with Crippen molar-refractivity contribution >= 4 is 15.9 Å². The standard InChI is InChI=1S/C15H25BrN4/c1-4-20-13(14(16)11(2)18-20)9-19-8-7-17-10-15(19,3)12-5-6-12/h12,17H,4-10H2,1-3H3. The first-order chi connectivity index (χ1) is 9.56. The molecule has 4 nitrogen and oxygen atoms in total. The molecule has 20 heavy (non-hydrogen) atoms. The Kier molecular flexibility index (Phi) is 3.95. The van der Waals surface area contributed by atoms with E-state index in [1.54, 1.807) is 0 Å². The summed E-state index contributed by atoms with van der Waals surface area (Å²) < 4.78 is 3.34. The third kappa shape index (κ3) is 2.44. The van der Waals surface area contributed by atoms with E-state index < -0.39 is 0 Å². The first kappa shape index (κ1) is 14.5. The lowest BCUT2D eigenvalue weighted by molar-refractivity contribution is 0.0459. The molecule has 2 aliphatic rings. The highest BCUT2D eigenvalue weighted by atomic mass is 79.9. The molecule has 1 saturated heterocycles. The smallest absolute Gasteiger partial charge is 0.0739 e. The fourth-order valence-corrected chi connectivity index (χ4v) is 3.90. The number of nitrogens with one attached hydrogen (secondary N) is 1. The molecule has 3 rings (SSSR count). The predicted octanol–water partition coefficient (Wildman–Crippen LogP) is 2.55. The van der Waals surface area contributed by atoms with E-state index in [9.17, 15) is 0 Å². The Hall–Kier alpha value is -0.390. The minimum atomic E-state index is 0.314. The van der Waals surface area contributed by atoms with Crippen molar-refractivity contribution in [2.45, 2.75) is 52.2 Å². The van der Waals surface area contributed by atoms with Crippen molar-refractivity contribution in [2.24, 2.45) is 5.92 Å². The number of hydrogen-bond donors (Lipinski definition) is 1. The van der Waals surface area contributed by atoms with Crippen LogP contribution in [0.1, 0.15) is 38.1 Å². The van der Waals surface area contributed by atoms with E-state index in [0.717, 1.165) is 44.3 Å². The second-order valence-electron chi connectivity index (χ2n) is 6.39. The van der Waals surface area contributed by atoms with Gasteiger partial charge >= 0.3 is 0 Å². The zero-order valence-corrected chi connectivity index (χ0v) is 14.3. The van der Waals surface area contributed by atoms with Gasteiger partial charge in [-0.15, -0.1) is 0 Å². The molecule has 2 fully saturated rings. The zero-order chi connectivity index (χ0) is 14.3. The Balaban J connectivity index is 1.85. The fourth-order valence-electron chi connectivity index (χ4n) is 3.49. The van der Waals surface area contributed by atoms with Crippen LogP contribution in [-0.2, 0) is 13.1 Å². The first-order valence-electron chi connectivity index (χ1n) is 7.73. The summed E-state index contributed by atoms with van der Waals surface area (Å²) >= 11 is 3.73. The topological polar surface area (TPSA) is 33.1 Å². The molecule has 1 N–H and O–H groups in total. The Morgan fingerprint density at radius 3 is 2.85 bits per heavy atom. The van der Waals surface area contributed by atoms with Gasteiger partial charge in [0.2, 0.25) is 0 Å². The maximum absolute atomic E-state index is 4.63. The third-order valence-electron chi connectivity index (χ3n) is 5.01. The number of nitrogens with zero attached hydrogens (tertiary/aromatic N) is 3. The number of rotatable bonds is 4. The first-order valence-corrected chi connectivity index (χ1v) is 8.53. The molecule has 1 aliphatic heterocycles. The highest BCUT2D eigenvalue weighted by molar-refractivity contribution is 9.10. The van der Waals surface area contributed by atoms with Gasteiger partial charge in [0.15, 0.2) is 0 Å². The molecule has 1 aromatic heterocycles. The van der Waals surface area contributed by atoms with Crippen LogP contribution in [0.5, 0.6) is 0 Å². The van der Waals surface area contributed by atoms with Crippen LogP contribution in [0.15, 0.2) is 4.47 Å². The average Bonchev–Trinajstić information content (AvgIpc) is 3.25. The van der Waals surface area contributed by atoms with E-state index in [1.807, 2.05) is 0 Å². The number of aryl methyl sites for hydroxylation is 2. The summed E-state index contributed by atoms with van der Waals surface area (Å²) in [6, 6.07) is 0. The van der Waals surface area contributed by atoms with Gasteiger partial charge in [-0.3, -0.25) is 9.58 Å². The van der Waals surface area contributed by atoms with Crippen LogP contribution in [0, 0.1) is 12.8 Å². The third-order valence-corrected chi connectivity index (χ3v) is 6.05. The Bertz CT molecular complexity index is 494. The SMILES string of the molecule is CCn1nc(C)c(Br)c1CN1CCNCC1(C)C1CC1. The Labute approximate surface area is 130 Å². The van der Waals surface area contributed by atoms with Gasteiger partial charge in [0.05, 0.1) is 15.9 Å². The van der Waals surface area contributed by atoms with Crippen molar-refractivity contribution in [3.8, 4) is 0 Å². The quantitative estimate of drug-likeness (QED) is 0.914. The van der Waals surface area contributed by atoms with Crippen LogP contribution in [0.3, 0.4) is 0 Å². The van der Waals surface area contributed by atoms with Gasteiger partial charge in [0.25, 0.3) is 0 Å². The van der Waals surface area contributed by atoms with Crippen molar-refractivity contribution in [3.05, 3.63) is 15.9 Å². The van der Waals surface area contributed by atoms with E-state index in [-0.39, 0.29) is 0 Å². The second-order valence-corrected chi connectivity index (χ2v) is 7.18. The molecule has 0 spiro atoms. The number of piperazine rings is 1. The van der Waals surface area contributed by atoms with Gasteiger partial charge in [-0.25, -0.2) is 0 Å². The number of aromatic nitrogens is 2. The molecule has 5 heteroatoms. The summed E-state index contributed by atoms with van der Waals surface area (Å²) in [7, 11) is 0. The molecular formula is C15H25BrN4. The van der Waals surface area contributed by atoms with Crippen molar-refractivity contribution in [1.82, 2.24) is 20.0 Å². The van der Waals surface area contributed by atoms with Crippen LogP contribution in [0.2, 0.25) is 0 Å². The molecule has 0 bridgehead atoms. The minimum Gasteiger partial charge on any atom is -0.314 e. The van der Waals surface area contributed by atoms with Crippen LogP contribution in [0.4, 0.5) is 0 Å². The van der Waals surface area contributed by atoms with Crippen LogP contribution < -0.4 is 5.32 Å². The molecule has 1 saturated carbocycles. The summed E-state index contributed by atoms with van der Waals surface area (Å²) in [6.07, 6.45) is 2.78. The van der Waals surface area contributed by atoms with Gasteiger partial charge in [-0.05, 0) is 55.5 Å². The van der Waals surface area contributed by atoms with Gasteiger partial charge in [0.1, 0.15) is 0 Å². The van der Waals surface area contributed by atoms with Crippen molar-refractivity contribution in [1.29, 1.82) is 0 Å². The average molecular weight is 341 g/mol. The number of halogens is 1. The maximum atomic E-state index is 4.63. The van der Waals surface area contributed by atoms with Crippen molar-refractivity contribution in [3.63, 3.8) is 0 Å². The lowest BCUT2D eigenvalue weighted by atomic mass is 9.91. The van der Waals surface area contributed by atoms with E-state index in [0.29, 0.717) is 5.54 Å². The molecular weight excluding hydrogens is 316 g/mol. The van der Waals surface area contributed by atoms with E-state index in [2.05, 4.69) is 56.7 Å². The molecule has 0 radical (unpaired) electrons. The van der Waals surface area contributed by atoms with Gasteiger partial charge in [-0.1, -0.05) is 0 Å². The summed E-state index contributed by atoms with van der Waals surface area (Å²) in [5.74, 6) is 0.869. The van der Waals surface area contributed by atoms with E-state index >= 15 is 0 Å². The molecule has 2 heterocycles. The number of hydrogen-bond acceptors (Lipinski definition) is 3. The Morgan fingerprint density at radius 2 is 2.20 bits per heavy atom. The summed E-state index contributed by atoms with van der Waals surface area (Å²) in [4.78, 5) is 2.68. The predicted molar refractivity (Wildman–Crippen MR) is 84.7 cm³/mol. The fraction of sp³-hybridized carbons (Fsp3) is 0.800. The van der Waals surface area contributed by atoms with Crippen molar-refractivity contribution in [2.75, 3.05) is 19.6 Å². The molecule has 0 amide bonds. The maximum Gasteiger partial charge on any atom is 0.0739 e. The monoisotopic (exact) mass is 340 g/mol. The largest absolute Gasteiger partial charge is 0.314 e. The highest BCUT2D eigenvalue weighted by Crippen LogP contribution is 2.44. The molecule has 112 valence electrons. The summed E-state index contributed by atoms with van der Waals surface area (Å²) in [5.41, 5.74) is 2.75. The normalized spacial score (nSPS) is 28.0. The zero-order valence-electron chi connectivity index (χ0n) is 12.7. The minimum absolute atomic E-state index is 0.314. The van der Waals surface area contributed by atoms with Gasteiger partial charge < -0.3 is 5.32 Å². The molecule has 0 aromatic carbocycles. The van der Waals surface area contributed by atoms with Crippen LogP contribution in [-0.4, -0.2) is 39.9 Å². The van der Waals surface area contributed by atoms with Crippen molar-refractivity contribution < 1.29 is 0 Å². The van der Waals surface area contributed by atoms with E-state index in [1.165, 1.54) is 23.0 Å². The second kappa shape index (κ2) is 5.43. The van der Waals surface area contributed by atoms with E-state index in [4.69, 9.17) is 0 Å². The molecule has 1 unspecified atom stereocenters. The Morgan fingerprint density at radius 1 is 1.45 bits per heavy atom. The highest BCUT2D eigenvalue weighted by Gasteiger charge is 2.46. The van der Waals surface area contributed by atoms with Gasteiger partial charge in [0, 0.05) is 38.3 Å². The van der Waals surface area contributed by atoms with Gasteiger partial charge in [-0.2, -0.15) is 5.10 Å². The lowest BCUT2D eigenvalue weighted by Crippen LogP contribution is -2.60. The molecule has 1 aromatic rings.